The van der Waals surface area contributed by atoms with Crippen molar-refractivity contribution in [3.8, 4) is 0 Å². The first kappa shape index (κ1) is 14.6. The standard InChI is InChI=1S/C14H23N3O/c1-4-14(5-2,10-15)13(18)17-11(3)12-7-6-8-16-9-12/h6-9,11H,4-5,10,15H2,1-3H3,(H,17,18). The van der Waals surface area contributed by atoms with Gasteiger partial charge in [0, 0.05) is 18.9 Å². The molecule has 0 spiro atoms. The van der Waals surface area contributed by atoms with E-state index in [-0.39, 0.29) is 11.9 Å². The Morgan fingerprint density at radius 2 is 2.17 bits per heavy atom. The third kappa shape index (κ3) is 3.07. The maximum Gasteiger partial charge on any atom is 0.227 e. The minimum Gasteiger partial charge on any atom is -0.349 e. The molecule has 0 saturated carbocycles. The number of rotatable bonds is 6. The summed E-state index contributed by atoms with van der Waals surface area (Å²) in [5, 5.41) is 3.03. The van der Waals surface area contributed by atoms with Crippen LogP contribution in [0.15, 0.2) is 24.5 Å². The molecule has 1 aromatic rings. The SMILES string of the molecule is CCC(CC)(CN)C(=O)NC(C)c1cccnc1. The maximum absolute atomic E-state index is 12.3. The van der Waals surface area contributed by atoms with Gasteiger partial charge in [-0.05, 0) is 31.4 Å². The van der Waals surface area contributed by atoms with Crippen molar-refractivity contribution in [3.05, 3.63) is 30.1 Å². The van der Waals surface area contributed by atoms with Crippen LogP contribution in [-0.2, 0) is 4.79 Å². The van der Waals surface area contributed by atoms with Gasteiger partial charge in [0.05, 0.1) is 11.5 Å². The summed E-state index contributed by atoms with van der Waals surface area (Å²) in [5.41, 5.74) is 6.33. The monoisotopic (exact) mass is 249 g/mol. The molecule has 1 rings (SSSR count). The zero-order chi connectivity index (χ0) is 13.6. The number of carbonyl (C=O) groups is 1. The van der Waals surface area contributed by atoms with Crippen LogP contribution in [0.1, 0.15) is 45.2 Å². The quantitative estimate of drug-likeness (QED) is 0.810. The average Bonchev–Trinajstić information content (AvgIpc) is 2.42. The van der Waals surface area contributed by atoms with Gasteiger partial charge in [0.2, 0.25) is 5.91 Å². The van der Waals surface area contributed by atoms with E-state index in [1.807, 2.05) is 32.9 Å². The van der Waals surface area contributed by atoms with E-state index in [2.05, 4.69) is 10.3 Å². The third-order valence-electron chi connectivity index (χ3n) is 3.76. The molecule has 1 atom stereocenters. The number of pyridine rings is 1. The third-order valence-corrected chi connectivity index (χ3v) is 3.76. The maximum atomic E-state index is 12.3. The molecule has 4 nitrogen and oxygen atoms in total. The number of amides is 1. The molecule has 1 heterocycles. The van der Waals surface area contributed by atoms with Crippen molar-refractivity contribution in [2.45, 2.75) is 39.7 Å². The summed E-state index contributed by atoms with van der Waals surface area (Å²) in [7, 11) is 0. The molecule has 0 aliphatic carbocycles. The van der Waals surface area contributed by atoms with Gasteiger partial charge >= 0.3 is 0 Å². The van der Waals surface area contributed by atoms with Crippen molar-refractivity contribution in [2.24, 2.45) is 11.1 Å². The first-order valence-electron chi connectivity index (χ1n) is 6.50. The summed E-state index contributed by atoms with van der Waals surface area (Å²) in [4.78, 5) is 16.4. The second-order valence-electron chi connectivity index (χ2n) is 4.67. The Labute approximate surface area is 109 Å². The van der Waals surface area contributed by atoms with E-state index < -0.39 is 5.41 Å². The molecule has 0 aliphatic rings. The number of nitrogens with one attached hydrogen (secondary N) is 1. The summed E-state index contributed by atoms with van der Waals surface area (Å²) in [6.45, 7) is 6.35. The van der Waals surface area contributed by atoms with Crippen molar-refractivity contribution < 1.29 is 4.79 Å². The normalized spacial score (nSPS) is 13.1. The van der Waals surface area contributed by atoms with Crippen LogP contribution in [0.5, 0.6) is 0 Å². The number of nitrogens with zero attached hydrogens (tertiary/aromatic N) is 1. The van der Waals surface area contributed by atoms with Crippen molar-refractivity contribution in [3.63, 3.8) is 0 Å². The van der Waals surface area contributed by atoms with Crippen LogP contribution < -0.4 is 11.1 Å². The van der Waals surface area contributed by atoms with Gasteiger partial charge in [0.1, 0.15) is 0 Å². The van der Waals surface area contributed by atoms with E-state index in [4.69, 9.17) is 5.73 Å². The highest BCUT2D eigenvalue weighted by Gasteiger charge is 2.33. The number of hydrogen-bond donors (Lipinski definition) is 2. The molecular weight excluding hydrogens is 226 g/mol. The molecule has 18 heavy (non-hydrogen) atoms. The van der Waals surface area contributed by atoms with Gasteiger partial charge in [0.25, 0.3) is 0 Å². The molecule has 0 aliphatic heterocycles. The minimum atomic E-state index is -0.448. The summed E-state index contributed by atoms with van der Waals surface area (Å²) >= 11 is 0. The summed E-state index contributed by atoms with van der Waals surface area (Å²) in [6, 6.07) is 3.78. The van der Waals surface area contributed by atoms with Gasteiger partial charge in [-0.25, -0.2) is 0 Å². The molecule has 0 aromatic carbocycles. The van der Waals surface area contributed by atoms with Crippen molar-refractivity contribution >= 4 is 5.91 Å². The molecular formula is C14H23N3O. The van der Waals surface area contributed by atoms with Crippen molar-refractivity contribution in [2.75, 3.05) is 6.54 Å². The van der Waals surface area contributed by atoms with Gasteiger partial charge in [-0.3, -0.25) is 9.78 Å². The number of hydrogen-bond acceptors (Lipinski definition) is 3. The van der Waals surface area contributed by atoms with Gasteiger partial charge in [-0.2, -0.15) is 0 Å². The Morgan fingerprint density at radius 1 is 1.50 bits per heavy atom. The van der Waals surface area contributed by atoms with E-state index in [0.29, 0.717) is 6.54 Å². The molecule has 4 heteroatoms. The molecule has 0 fully saturated rings. The Balaban J connectivity index is 2.75. The van der Waals surface area contributed by atoms with E-state index >= 15 is 0 Å². The van der Waals surface area contributed by atoms with Crippen LogP contribution in [0.4, 0.5) is 0 Å². The lowest BCUT2D eigenvalue weighted by molar-refractivity contribution is -0.131. The topological polar surface area (TPSA) is 68.0 Å². The summed E-state index contributed by atoms with van der Waals surface area (Å²) < 4.78 is 0. The number of carbonyl (C=O) groups excluding carboxylic acids is 1. The lowest BCUT2D eigenvalue weighted by Gasteiger charge is -2.30. The fourth-order valence-electron chi connectivity index (χ4n) is 2.02. The van der Waals surface area contributed by atoms with E-state index in [9.17, 15) is 4.79 Å². The minimum absolute atomic E-state index is 0.0337. The number of aromatic nitrogens is 1. The van der Waals surface area contributed by atoms with Crippen LogP contribution in [-0.4, -0.2) is 17.4 Å². The van der Waals surface area contributed by atoms with Crippen molar-refractivity contribution in [1.82, 2.24) is 10.3 Å². The molecule has 1 amide bonds. The predicted octanol–water partition coefficient (Wildman–Crippen LogP) is 2.02. The lowest BCUT2D eigenvalue weighted by atomic mass is 9.81. The van der Waals surface area contributed by atoms with Crippen LogP contribution in [0, 0.1) is 5.41 Å². The highest BCUT2D eigenvalue weighted by atomic mass is 16.2. The zero-order valence-corrected chi connectivity index (χ0v) is 11.4. The number of nitrogens with two attached hydrogens (primary N) is 1. The molecule has 1 aromatic heterocycles. The smallest absolute Gasteiger partial charge is 0.227 e. The van der Waals surface area contributed by atoms with Gasteiger partial charge < -0.3 is 11.1 Å². The Morgan fingerprint density at radius 3 is 2.61 bits per heavy atom. The van der Waals surface area contributed by atoms with Gasteiger partial charge in [0.15, 0.2) is 0 Å². The van der Waals surface area contributed by atoms with Crippen molar-refractivity contribution in [1.29, 1.82) is 0 Å². The average molecular weight is 249 g/mol. The van der Waals surface area contributed by atoms with Crippen LogP contribution in [0.2, 0.25) is 0 Å². The van der Waals surface area contributed by atoms with Gasteiger partial charge in [-0.1, -0.05) is 19.9 Å². The highest BCUT2D eigenvalue weighted by molar-refractivity contribution is 5.83. The second kappa shape index (κ2) is 6.50. The first-order chi connectivity index (χ1) is 8.59. The largest absolute Gasteiger partial charge is 0.349 e. The Hall–Kier alpha value is -1.42. The fourth-order valence-corrected chi connectivity index (χ4v) is 2.02. The predicted molar refractivity (Wildman–Crippen MR) is 72.9 cm³/mol. The zero-order valence-electron chi connectivity index (χ0n) is 11.4. The first-order valence-corrected chi connectivity index (χ1v) is 6.50. The van der Waals surface area contributed by atoms with E-state index in [0.717, 1.165) is 18.4 Å². The van der Waals surface area contributed by atoms with Crippen LogP contribution >= 0.6 is 0 Å². The second-order valence-corrected chi connectivity index (χ2v) is 4.67. The van der Waals surface area contributed by atoms with Crippen LogP contribution in [0.25, 0.3) is 0 Å². The fraction of sp³-hybridized carbons (Fsp3) is 0.571. The molecule has 0 radical (unpaired) electrons. The summed E-state index contributed by atoms with van der Waals surface area (Å²) in [5.74, 6) is 0.0337. The highest BCUT2D eigenvalue weighted by Crippen LogP contribution is 2.26. The molecule has 0 saturated heterocycles. The Kier molecular flexibility index (Phi) is 5.28. The van der Waals surface area contributed by atoms with Gasteiger partial charge in [-0.15, -0.1) is 0 Å². The van der Waals surface area contributed by atoms with E-state index in [1.165, 1.54) is 0 Å². The molecule has 3 N–H and O–H groups in total. The molecule has 100 valence electrons. The summed E-state index contributed by atoms with van der Waals surface area (Å²) in [6.07, 6.45) is 5.00. The molecule has 0 bridgehead atoms. The molecule has 1 unspecified atom stereocenters. The Bertz CT molecular complexity index is 366. The lowest BCUT2D eigenvalue weighted by Crippen LogP contribution is -2.46. The van der Waals surface area contributed by atoms with Crippen LogP contribution in [0.3, 0.4) is 0 Å². The van der Waals surface area contributed by atoms with E-state index in [1.54, 1.807) is 12.4 Å².